The van der Waals surface area contributed by atoms with Crippen LogP contribution >= 0.6 is 11.3 Å². The molecule has 0 saturated carbocycles. The molecule has 0 aliphatic carbocycles. The first-order valence-corrected chi connectivity index (χ1v) is 10.0. The maximum absolute atomic E-state index is 12.8. The molecule has 1 aromatic carbocycles. The third-order valence-corrected chi connectivity index (χ3v) is 5.56. The number of aryl methyl sites for hydroxylation is 1. The van der Waals surface area contributed by atoms with E-state index in [2.05, 4.69) is 21.6 Å². The number of nitrogens with one attached hydrogen (secondary N) is 2. The second kappa shape index (κ2) is 9.67. The van der Waals surface area contributed by atoms with Gasteiger partial charge in [-0.3, -0.25) is 9.59 Å². The molecular formula is C21H29N3O2S. The molecule has 0 aliphatic rings. The van der Waals surface area contributed by atoms with E-state index in [1.807, 2.05) is 64.5 Å². The van der Waals surface area contributed by atoms with Crippen LogP contribution in [0.1, 0.15) is 40.7 Å². The van der Waals surface area contributed by atoms with Crippen molar-refractivity contribution in [1.82, 2.24) is 15.5 Å². The molecule has 27 heavy (non-hydrogen) atoms. The average Bonchev–Trinajstić information content (AvgIpc) is 3.13. The molecule has 2 N–H and O–H groups in total. The fourth-order valence-corrected chi connectivity index (χ4v) is 3.83. The van der Waals surface area contributed by atoms with Gasteiger partial charge >= 0.3 is 0 Å². The highest BCUT2D eigenvalue weighted by Crippen LogP contribution is 2.22. The van der Waals surface area contributed by atoms with Crippen molar-refractivity contribution in [3.05, 3.63) is 57.8 Å². The lowest BCUT2D eigenvalue weighted by Crippen LogP contribution is -2.51. The second-order valence-corrected chi connectivity index (χ2v) is 8.23. The topological polar surface area (TPSA) is 61.4 Å². The monoisotopic (exact) mass is 387 g/mol. The van der Waals surface area contributed by atoms with Gasteiger partial charge in [0.05, 0.1) is 6.04 Å². The van der Waals surface area contributed by atoms with Crippen LogP contribution in [0, 0.1) is 12.8 Å². The Hall–Kier alpha value is -2.18. The largest absolute Gasteiger partial charge is 0.352 e. The van der Waals surface area contributed by atoms with Gasteiger partial charge in [-0.05, 0) is 50.0 Å². The average molecular weight is 388 g/mol. The van der Waals surface area contributed by atoms with E-state index in [0.717, 1.165) is 5.56 Å². The molecule has 0 bridgehead atoms. The minimum absolute atomic E-state index is 0.0162. The molecule has 2 rings (SSSR count). The van der Waals surface area contributed by atoms with Crippen molar-refractivity contribution in [1.29, 1.82) is 0 Å². The third kappa shape index (κ3) is 5.65. The Morgan fingerprint density at radius 2 is 1.81 bits per heavy atom. The first-order valence-electron chi connectivity index (χ1n) is 9.15. The van der Waals surface area contributed by atoms with Crippen molar-refractivity contribution in [3.8, 4) is 0 Å². The molecule has 2 unspecified atom stereocenters. The molecule has 146 valence electrons. The maximum Gasteiger partial charge on any atom is 0.252 e. The number of thiophene rings is 1. The van der Waals surface area contributed by atoms with Crippen LogP contribution < -0.4 is 10.6 Å². The van der Waals surface area contributed by atoms with Gasteiger partial charge in [0.25, 0.3) is 5.91 Å². The van der Waals surface area contributed by atoms with Crippen molar-refractivity contribution in [2.24, 2.45) is 5.92 Å². The molecule has 0 fully saturated rings. The summed E-state index contributed by atoms with van der Waals surface area (Å²) >= 11 is 1.67. The summed E-state index contributed by atoms with van der Waals surface area (Å²) in [6.07, 6.45) is 0. The first kappa shape index (κ1) is 21.1. The summed E-state index contributed by atoms with van der Waals surface area (Å²) in [6, 6.07) is 11.0. The van der Waals surface area contributed by atoms with Crippen LogP contribution in [0.4, 0.5) is 0 Å². The molecule has 6 heteroatoms. The fourth-order valence-electron chi connectivity index (χ4n) is 2.91. The minimum Gasteiger partial charge on any atom is -0.352 e. The van der Waals surface area contributed by atoms with Gasteiger partial charge in [-0.2, -0.15) is 0 Å². The Bertz CT molecular complexity index is 757. The standard InChI is InChI=1S/C21H29N3O2S/c1-14(2)19(23-20(25)16-10-7-6-9-15(16)3)21(26)22-13-17(24(4)5)18-11-8-12-27-18/h6-12,14,17,19H,13H2,1-5H3,(H,22,26)(H,23,25). The van der Waals surface area contributed by atoms with Gasteiger partial charge in [0.15, 0.2) is 0 Å². The van der Waals surface area contributed by atoms with E-state index in [1.165, 1.54) is 4.88 Å². The predicted octanol–water partition coefficient (Wildman–Crippen LogP) is 3.23. The molecule has 2 amide bonds. The van der Waals surface area contributed by atoms with E-state index in [9.17, 15) is 9.59 Å². The molecule has 5 nitrogen and oxygen atoms in total. The normalized spacial score (nSPS) is 13.4. The van der Waals surface area contributed by atoms with Gasteiger partial charge in [-0.15, -0.1) is 11.3 Å². The number of carbonyl (C=O) groups excluding carboxylic acids is 2. The van der Waals surface area contributed by atoms with Crippen LogP contribution in [0.3, 0.4) is 0 Å². The van der Waals surface area contributed by atoms with Crippen molar-refractivity contribution in [2.45, 2.75) is 32.9 Å². The smallest absolute Gasteiger partial charge is 0.252 e. The Balaban J connectivity index is 2.04. The van der Waals surface area contributed by atoms with Crippen molar-refractivity contribution in [2.75, 3.05) is 20.6 Å². The van der Waals surface area contributed by atoms with Crippen LogP contribution in [0.25, 0.3) is 0 Å². The third-order valence-electron chi connectivity index (χ3n) is 4.59. The Morgan fingerprint density at radius 1 is 1.11 bits per heavy atom. The Kier molecular flexibility index (Phi) is 7.56. The number of hydrogen-bond acceptors (Lipinski definition) is 4. The zero-order chi connectivity index (χ0) is 20.0. The van der Waals surface area contributed by atoms with Crippen molar-refractivity contribution < 1.29 is 9.59 Å². The lowest BCUT2D eigenvalue weighted by atomic mass is 10.0. The van der Waals surface area contributed by atoms with Gasteiger partial charge in [-0.1, -0.05) is 38.1 Å². The van der Waals surface area contributed by atoms with Gasteiger partial charge in [0, 0.05) is 17.0 Å². The number of rotatable bonds is 8. The van der Waals surface area contributed by atoms with E-state index >= 15 is 0 Å². The highest BCUT2D eigenvalue weighted by atomic mass is 32.1. The molecule has 0 aliphatic heterocycles. The molecule has 0 radical (unpaired) electrons. The number of nitrogens with zero attached hydrogens (tertiary/aromatic N) is 1. The van der Waals surface area contributed by atoms with Crippen LogP contribution in [0.2, 0.25) is 0 Å². The predicted molar refractivity (Wildman–Crippen MR) is 111 cm³/mol. The van der Waals surface area contributed by atoms with Crippen molar-refractivity contribution in [3.63, 3.8) is 0 Å². The van der Waals surface area contributed by atoms with Crippen molar-refractivity contribution >= 4 is 23.2 Å². The lowest BCUT2D eigenvalue weighted by Gasteiger charge is -2.26. The van der Waals surface area contributed by atoms with E-state index < -0.39 is 6.04 Å². The molecular weight excluding hydrogens is 358 g/mol. The summed E-state index contributed by atoms with van der Waals surface area (Å²) in [7, 11) is 3.99. The molecule has 1 heterocycles. The highest BCUT2D eigenvalue weighted by Gasteiger charge is 2.26. The number of hydrogen-bond donors (Lipinski definition) is 2. The minimum atomic E-state index is -0.580. The molecule has 2 atom stereocenters. The summed E-state index contributed by atoms with van der Waals surface area (Å²) in [5, 5.41) is 7.95. The SMILES string of the molecule is Cc1ccccc1C(=O)NC(C(=O)NCC(c1cccs1)N(C)C)C(C)C. The summed E-state index contributed by atoms with van der Waals surface area (Å²) in [5.74, 6) is -0.391. The maximum atomic E-state index is 12.8. The first-order chi connectivity index (χ1) is 12.8. The van der Waals surface area contributed by atoms with Crippen LogP contribution in [0.5, 0.6) is 0 Å². The molecule has 1 aromatic heterocycles. The van der Waals surface area contributed by atoms with Gasteiger partial charge in [0.1, 0.15) is 6.04 Å². The van der Waals surface area contributed by atoms with Gasteiger partial charge in [0.2, 0.25) is 5.91 Å². The van der Waals surface area contributed by atoms with E-state index in [-0.39, 0.29) is 23.8 Å². The van der Waals surface area contributed by atoms with E-state index in [0.29, 0.717) is 12.1 Å². The number of carbonyl (C=O) groups is 2. The molecule has 2 aromatic rings. The van der Waals surface area contributed by atoms with Crippen LogP contribution in [-0.2, 0) is 4.79 Å². The number of amides is 2. The van der Waals surface area contributed by atoms with Gasteiger partial charge in [-0.25, -0.2) is 0 Å². The zero-order valence-electron chi connectivity index (χ0n) is 16.7. The second-order valence-electron chi connectivity index (χ2n) is 7.25. The zero-order valence-corrected chi connectivity index (χ0v) is 17.5. The number of likely N-dealkylation sites (N-methyl/N-ethyl adjacent to an activating group) is 1. The van der Waals surface area contributed by atoms with E-state index in [1.54, 1.807) is 17.4 Å². The summed E-state index contributed by atoms with van der Waals surface area (Å²) in [5.41, 5.74) is 1.49. The fraction of sp³-hybridized carbons (Fsp3) is 0.429. The lowest BCUT2D eigenvalue weighted by molar-refractivity contribution is -0.124. The quantitative estimate of drug-likeness (QED) is 0.731. The summed E-state index contributed by atoms with van der Waals surface area (Å²) in [6.45, 7) is 6.26. The van der Waals surface area contributed by atoms with Crippen LogP contribution in [-0.4, -0.2) is 43.4 Å². The van der Waals surface area contributed by atoms with E-state index in [4.69, 9.17) is 0 Å². The summed E-state index contributed by atoms with van der Waals surface area (Å²) in [4.78, 5) is 28.7. The Labute approximate surface area is 165 Å². The van der Waals surface area contributed by atoms with Crippen LogP contribution in [0.15, 0.2) is 41.8 Å². The molecule has 0 saturated heterocycles. The number of benzene rings is 1. The highest BCUT2D eigenvalue weighted by molar-refractivity contribution is 7.10. The Morgan fingerprint density at radius 3 is 2.37 bits per heavy atom. The summed E-state index contributed by atoms with van der Waals surface area (Å²) < 4.78 is 0. The van der Waals surface area contributed by atoms with Gasteiger partial charge < -0.3 is 15.5 Å². The molecule has 0 spiro atoms.